The predicted molar refractivity (Wildman–Crippen MR) is 84.7 cm³/mol. The van der Waals surface area contributed by atoms with Crippen molar-refractivity contribution in [2.24, 2.45) is 0 Å². The Kier molecular flexibility index (Phi) is 5.86. The molecule has 23 heavy (non-hydrogen) atoms. The standard InChI is InChI=1S/C18H18FNO3/c19-15-11-9-14(10-12-15)17(21)20-16(18(22)23)8-4-7-13-5-2-1-3-6-13/h1-3,5-6,9-12,16H,4,7-8H2,(H,20,21)(H,22,23)/t16-/m0/s1. The van der Waals surface area contributed by atoms with Crippen molar-refractivity contribution in [3.05, 3.63) is 71.5 Å². The maximum absolute atomic E-state index is 12.8. The summed E-state index contributed by atoms with van der Waals surface area (Å²) in [6.07, 6.45) is 1.72. The fourth-order valence-corrected chi connectivity index (χ4v) is 2.26. The Labute approximate surface area is 134 Å². The van der Waals surface area contributed by atoms with Gasteiger partial charge in [0.1, 0.15) is 11.9 Å². The van der Waals surface area contributed by atoms with E-state index in [4.69, 9.17) is 0 Å². The highest BCUT2D eigenvalue weighted by Gasteiger charge is 2.20. The first kappa shape index (κ1) is 16.7. The number of nitrogens with one attached hydrogen (secondary N) is 1. The third-order valence-electron chi connectivity index (χ3n) is 3.51. The fourth-order valence-electron chi connectivity index (χ4n) is 2.26. The van der Waals surface area contributed by atoms with E-state index in [0.717, 1.165) is 12.0 Å². The van der Waals surface area contributed by atoms with Gasteiger partial charge in [-0.25, -0.2) is 9.18 Å². The molecule has 2 aromatic rings. The van der Waals surface area contributed by atoms with E-state index in [1.165, 1.54) is 24.3 Å². The van der Waals surface area contributed by atoms with Crippen LogP contribution in [0, 0.1) is 5.82 Å². The van der Waals surface area contributed by atoms with Gasteiger partial charge in [0.05, 0.1) is 0 Å². The second-order valence-corrected chi connectivity index (χ2v) is 5.25. The summed E-state index contributed by atoms with van der Waals surface area (Å²) in [5.74, 6) is -2.04. The van der Waals surface area contributed by atoms with Crippen molar-refractivity contribution in [2.75, 3.05) is 0 Å². The zero-order valence-electron chi connectivity index (χ0n) is 12.5. The van der Waals surface area contributed by atoms with Crippen LogP contribution in [0.2, 0.25) is 0 Å². The van der Waals surface area contributed by atoms with Crippen LogP contribution in [-0.4, -0.2) is 23.0 Å². The Balaban J connectivity index is 1.89. The topological polar surface area (TPSA) is 66.4 Å². The van der Waals surface area contributed by atoms with Crippen LogP contribution in [0.3, 0.4) is 0 Å². The minimum Gasteiger partial charge on any atom is -0.480 e. The van der Waals surface area contributed by atoms with Crippen molar-refractivity contribution in [3.63, 3.8) is 0 Å². The first-order chi connectivity index (χ1) is 11.1. The van der Waals surface area contributed by atoms with Crippen LogP contribution in [0.5, 0.6) is 0 Å². The zero-order chi connectivity index (χ0) is 16.7. The number of carbonyl (C=O) groups is 2. The van der Waals surface area contributed by atoms with Gasteiger partial charge in [-0.3, -0.25) is 4.79 Å². The molecular formula is C18H18FNO3. The van der Waals surface area contributed by atoms with Gasteiger partial charge < -0.3 is 10.4 Å². The van der Waals surface area contributed by atoms with E-state index in [0.29, 0.717) is 12.8 Å². The van der Waals surface area contributed by atoms with Crippen LogP contribution in [0.25, 0.3) is 0 Å². The van der Waals surface area contributed by atoms with Gasteiger partial charge in [-0.1, -0.05) is 30.3 Å². The number of carbonyl (C=O) groups excluding carboxylic acids is 1. The van der Waals surface area contributed by atoms with E-state index in [9.17, 15) is 19.1 Å². The lowest BCUT2D eigenvalue weighted by Crippen LogP contribution is -2.40. The lowest BCUT2D eigenvalue weighted by molar-refractivity contribution is -0.139. The van der Waals surface area contributed by atoms with Crippen molar-refractivity contribution < 1.29 is 19.1 Å². The minimum atomic E-state index is -1.08. The molecule has 2 rings (SSSR count). The quantitative estimate of drug-likeness (QED) is 0.825. The molecule has 1 atom stereocenters. The summed E-state index contributed by atoms with van der Waals surface area (Å²) in [6, 6.07) is 13.8. The molecule has 0 aliphatic rings. The average Bonchev–Trinajstić information content (AvgIpc) is 2.55. The van der Waals surface area contributed by atoms with Gasteiger partial charge in [-0.05, 0) is 49.1 Å². The molecule has 0 saturated carbocycles. The molecule has 2 N–H and O–H groups in total. The average molecular weight is 315 g/mol. The Morgan fingerprint density at radius 2 is 1.70 bits per heavy atom. The van der Waals surface area contributed by atoms with E-state index in [2.05, 4.69) is 5.32 Å². The molecule has 5 heteroatoms. The first-order valence-electron chi connectivity index (χ1n) is 7.39. The van der Waals surface area contributed by atoms with Crippen molar-refractivity contribution in [3.8, 4) is 0 Å². The Morgan fingerprint density at radius 1 is 1.04 bits per heavy atom. The minimum absolute atomic E-state index is 0.237. The molecule has 2 aromatic carbocycles. The molecule has 120 valence electrons. The molecule has 0 aliphatic carbocycles. The summed E-state index contributed by atoms with van der Waals surface area (Å²) < 4.78 is 12.8. The maximum atomic E-state index is 12.8. The number of aryl methyl sites for hydroxylation is 1. The van der Waals surface area contributed by atoms with Crippen LogP contribution in [-0.2, 0) is 11.2 Å². The predicted octanol–water partition coefficient (Wildman–Crippen LogP) is 3.03. The molecule has 1 amide bonds. The van der Waals surface area contributed by atoms with Crippen LogP contribution in [0.15, 0.2) is 54.6 Å². The summed E-state index contributed by atoms with van der Waals surface area (Å²) in [5.41, 5.74) is 1.36. The molecule has 0 aromatic heterocycles. The Bertz CT molecular complexity index is 656. The van der Waals surface area contributed by atoms with Crippen molar-refractivity contribution in [1.29, 1.82) is 0 Å². The van der Waals surface area contributed by atoms with E-state index in [-0.39, 0.29) is 5.56 Å². The smallest absolute Gasteiger partial charge is 0.326 e. The summed E-state index contributed by atoms with van der Waals surface area (Å²) in [7, 11) is 0. The number of benzene rings is 2. The van der Waals surface area contributed by atoms with E-state index >= 15 is 0 Å². The van der Waals surface area contributed by atoms with Gasteiger partial charge >= 0.3 is 5.97 Å². The number of aliphatic carboxylic acids is 1. The van der Waals surface area contributed by atoms with E-state index < -0.39 is 23.7 Å². The molecular weight excluding hydrogens is 297 g/mol. The molecule has 0 fully saturated rings. The third-order valence-corrected chi connectivity index (χ3v) is 3.51. The largest absolute Gasteiger partial charge is 0.480 e. The van der Waals surface area contributed by atoms with Crippen molar-refractivity contribution >= 4 is 11.9 Å². The van der Waals surface area contributed by atoms with Gasteiger partial charge in [0, 0.05) is 5.56 Å². The van der Waals surface area contributed by atoms with Crippen LogP contribution in [0.4, 0.5) is 4.39 Å². The van der Waals surface area contributed by atoms with Gasteiger partial charge in [-0.15, -0.1) is 0 Å². The van der Waals surface area contributed by atoms with Crippen molar-refractivity contribution in [2.45, 2.75) is 25.3 Å². The number of hydrogen-bond acceptors (Lipinski definition) is 2. The number of rotatable bonds is 7. The molecule has 0 heterocycles. The first-order valence-corrected chi connectivity index (χ1v) is 7.39. The lowest BCUT2D eigenvalue weighted by Gasteiger charge is -2.14. The zero-order valence-corrected chi connectivity index (χ0v) is 12.5. The van der Waals surface area contributed by atoms with Gasteiger partial charge in [0.15, 0.2) is 0 Å². The molecule has 0 aliphatic heterocycles. The number of halogens is 1. The molecule has 4 nitrogen and oxygen atoms in total. The monoisotopic (exact) mass is 315 g/mol. The summed E-state index contributed by atoms with van der Waals surface area (Å²) in [6.45, 7) is 0. The Hall–Kier alpha value is -2.69. The Morgan fingerprint density at radius 3 is 2.30 bits per heavy atom. The molecule has 0 saturated heterocycles. The second-order valence-electron chi connectivity index (χ2n) is 5.25. The number of hydrogen-bond donors (Lipinski definition) is 2. The SMILES string of the molecule is O=C(N[C@@H](CCCc1ccccc1)C(=O)O)c1ccc(F)cc1. The van der Waals surface area contributed by atoms with Crippen molar-refractivity contribution in [1.82, 2.24) is 5.32 Å². The summed E-state index contributed by atoms with van der Waals surface area (Å²) >= 11 is 0. The highest BCUT2D eigenvalue weighted by molar-refractivity contribution is 5.96. The van der Waals surface area contributed by atoms with E-state index in [1.54, 1.807) is 0 Å². The van der Waals surface area contributed by atoms with Gasteiger partial charge in [0.2, 0.25) is 0 Å². The third kappa shape index (κ3) is 5.21. The highest BCUT2D eigenvalue weighted by Crippen LogP contribution is 2.08. The normalized spacial score (nSPS) is 11.7. The maximum Gasteiger partial charge on any atom is 0.326 e. The number of carboxylic acids is 1. The van der Waals surface area contributed by atoms with Gasteiger partial charge in [0.25, 0.3) is 5.91 Å². The second kappa shape index (κ2) is 8.08. The molecule has 0 bridgehead atoms. The van der Waals surface area contributed by atoms with Gasteiger partial charge in [-0.2, -0.15) is 0 Å². The van der Waals surface area contributed by atoms with E-state index in [1.807, 2.05) is 30.3 Å². The molecule has 0 unspecified atom stereocenters. The number of amides is 1. The summed E-state index contributed by atoms with van der Waals surface area (Å²) in [5, 5.41) is 11.7. The van der Waals surface area contributed by atoms with Crippen LogP contribution in [0.1, 0.15) is 28.8 Å². The summed E-state index contributed by atoms with van der Waals surface area (Å²) in [4.78, 5) is 23.3. The van der Waals surface area contributed by atoms with Crippen LogP contribution < -0.4 is 5.32 Å². The fraction of sp³-hybridized carbons (Fsp3) is 0.222. The van der Waals surface area contributed by atoms with Crippen LogP contribution >= 0.6 is 0 Å². The number of carboxylic acid groups (broad SMARTS) is 1. The molecule has 0 radical (unpaired) electrons. The highest BCUT2D eigenvalue weighted by atomic mass is 19.1. The lowest BCUT2D eigenvalue weighted by atomic mass is 10.0. The molecule has 0 spiro atoms.